The zero-order chi connectivity index (χ0) is 34.9. The van der Waals surface area contributed by atoms with Gasteiger partial charge in [0.25, 0.3) is 0 Å². The summed E-state index contributed by atoms with van der Waals surface area (Å²) in [5, 5.41) is 8.34. The molecule has 0 saturated carbocycles. The molecule has 0 bridgehead atoms. The summed E-state index contributed by atoms with van der Waals surface area (Å²) in [7, 11) is 0. The molecule has 0 aliphatic heterocycles. The maximum atomic E-state index is 5.27. The SMILES string of the molecule is c1ccc(-c2ccc3ccc4ccc(-c5cccc(-c6cccc7c6sc6c7ccc7c(-c8ccccc8)nc8ccccc8c76)c5)nc4c3n2)cc1. The van der Waals surface area contributed by atoms with E-state index < -0.39 is 0 Å². The number of benzene rings is 7. The summed E-state index contributed by atoms with van der Waals surface area (Å²) in [6.07, 6.45) is 0. The molecule has 11 aromatic rings. The minimum absolute atomic E-state index is 0.915. The first kappa shape index (κ1) is 29.9. The molecule has 0 fully saturated rings. The van der Waals surface area contributed by atoms with Crippen LogP contribution in [0.25, 0.3) is 109 Å². The van der Waals surface area contributed by atoms with E-state index in [2.05, 4.69) is 170 Å². The summed E-state index contributed by atoms with van der Waals surface area (Å²) >= 11 is 1.88. The van der Waals surface area contributed by atoms with E-state index in [0.717, 1.165) is 61.1 Å². The molecule has 4 heterocycles. The smallest absolute Gasteiger partial charge is 0.0972 e. The molecule has 0 unspecified atom stereocenters. The lowest BCUT2D eigenvalue weighted by Gasteiger charge is -2.11. The molecule has 4 heteroatoms. The highest BCUT2D eigenvalue weighted by atomic mass is 32.1. The third kappa shape index (κ3) is 4.84. The van der Waals surface area contributed by atoms with Gasteiger partial charge in [-0.05, 0) is 35.4 Å². The minimum Gasteiger partial charge on any atom is -0.247 e. The highest BCUT2D eigenvalue weighted by Gasteiger charge is 2.18. The number of thiophene rings is 1. The summed E-state index contributed by atoms with van der Waals surface area (Å²) < 4.78 is 2.58. The van der Waals surface area contributed by atoms with E-state index in [1.807, 2.05) is 17.4 Å². The molecular weight excluding hydrogens is 663 g/mol. The van der Waals surface area contributed by atoms with Crippen molar-refractivity contribution < 1.29 is 0 Å². The number of fused-ring (bicyclic) bond motifs is 10. The Kier molecular flexibility index (Phi) is 6.73. The van der Waals surface area contributed by atoms with Crippen molar-refractivity contribution in [1.29, 1.82) is 0 Å². The molecule has 0 aliphatic carbocycles. The summed E-state index contributed by atoms with van der Waals surface area (Å²) in [5.41, 5.74) is 11.4. The van der Waals surface area contributed by atoms with Crippen molar-refractivity contribution >= 4 is 75.0 Å². The van der Waals surface area contributed by atoms with Gasteiger partial charge in [-0.25, -0.2) is 15.0 Å². The van der Waals surface area contributed by atoms with E-state index in [0.29, 0.717) is 0 Å². The lowest BCUT2D eigenvalue weighted by molar-refractivity contribution is 1.36. The second-order valence-electron chi connectivity index (χ2n) is 13.5. The molecule has 53 heavy (non-hydrogen) atoms. The van der Waals surface area contributed by atoms with Gasteiger partial charge in [0.2, 0.25) is 0 Å². The molecule has 0 radical (unpaired) electrons. The predicted octanol–water partition coefficient (Wildman–Crippen LogP) is 13.5. The Labute approximate surface area is 309 Å². The van der Waals surface area contributed by atoms with Crippen LogP contribution in [-0.2, 0) is 0 Å². The maximum Gasteiger partial charge on any atom is 0.0972 e. The predicted molar refractivity (Wildman–Crippen MR) is 224 cm³/mol. The Bertz CT molecular complexity index is 3220. The molecule has 3 nitrogen and oxygen atoms in total. The first-order valence-corrected chi connectivity index (χ1v) is 18.7. The monoisotopic (exact) mass is 691 g/mol. The third-order valence-corrected chi connectivity index (χ3v) is 11.7. The first-order valence-electron chi connectivity index (χ1n) is 17.9. The van der Waals surface area contributed by atoms with E-state index in [-0.39, 0.29) is 0 Å². The van der Waals surface area contributed by atoms with Crippen LogP contribution in [0.4, 0.5) is 0 Å². The van der Waals surface area contributed by atoms with Crippen molar-refractivity contribution in [3.63, 3.8) is 0 Å². The average Bonchev–Trinajstić information content (AvgIpc) is 3.63. The van der Waals surface area contributed by atoms with Gasteiger partial charge in [-0.3, -0.25) is 0 Å². The van der Waals surface area contributed by atoms with Crippen molar-refractivity contribution in [3.05, 3.63) is 176 Å². The van der Waals surface area contributed by atoms with Crippen LogP contribution in [-0.4, -0.2) is 15.0 Å². The fraction of sp³-hybridized carbons (Fsp3) is 0. The number of pyridine rings is 3. The van der Waals surface area contributed by atoms with Crippen molar-refractivity contribution in [2.45, 2.75) is 0 Å². The fourth-order valence-corrected chi connectivity index (χ4v) is 9.28. The number of para-hydroxylation sites is 1. The average molecular weight is 692 g/mol. The van der Waals surface area contributed by atoms with E-state index in [1.54, 1.807) is 0 Å². The Balaban J connectivity index is 1.08. The van der Waals surface area contributed by atoms with Crippen LogP contribution >= 0.6 is 11.3 Å². The van der Waals surface area contributed by atoms with E-state index in [1.165, 1.54) is 47.5 Å². The highest BCUT2D eigenvalue weighted by Crippen LogP contribution is 2.46. The van der Waals surface area contributed by atoms with Gasteiger partial charge in [0.15, 0.2) is 0 Å². The maximum absolute atomic E-state index is 5.27. The quantitative estimate of drug-likeness (QED) is 0.172. The molecule has 0 amide bonds. The van der Waals surface area contributed by atoms with Gasteiger partial charge >= 0.3 is 0 Å². The molecule has 4 aromatic heterocycles. The van der Waals surface area contributed by atoms with E-state index in [9.17, 15) is 0 Å². The van der Waals surface area contributed by atoms with Gasteiger partial charge in [0, 0.05) is 63.8 Å². The summed E-state index contributed by atoms with van der Waals surface area (Å²) in [4.78, 5) is 15.6. The molecule has 0 spiro atoms. The van der Waals surface area contributed by atoms with E-state index in [4.69, 9.17) is 15.0 Å². The number of nitrogens with zero attached hydrogens (tertiary/aromatic N) is 3. The van der Waals surface area contributed by atoms with Gasteiger partial charge in [0.1, 0.15) is 0 Å². The van der Waals surface area contributed by atoms with Crippen molar-refractivity contribution in [2.75, 3.05) is 0 Å². The minimum atomic E-state index is 0.915. The van der Waals surface area contributed by atoms with Gasteiger partial charge < -0.3 is 0 Å². The molecule has 0 N–H and O–H groups in total. The standard InChI is InChI=1S/C49H29N3S/c1-3-11-30(12-4-1)41-27-23-32-21-22-33-24-28-42(51-47(33)46(32)50-41)35-16-9-15-34(29-35)36-18-10-19-37-38-25-26-40-44(49(38)53-48(36)37)39-17-7-8-20-43(39)52-45(40)31-13-5-2-6-14-31/h1-29H. The van der Waals surface area contributed by atoms with Crippen LogP contribution in [0.3, 0.4) is 0 Å². The van der Waals surface area contributed by atoms with Gasteiger partial charge in [-0.1, -0.05) is 152 Å². The normalized spacial score (nSPS) is 11.8. The first-order chi connectivity index (χ1) is 26.3. The number of rotatable bonds is 4. The zero-order valence-corrected chi connectivity index (χ0v) is 29.3. The summed E-state index contributed by atoms with van der Waals surface area (Å²) in [6, 6.07) is 62.3. The molecule has 7 aromatic carbocycles. The molecular formula is C49H29N3S. The van der Waals surface area contributed by atoms with Crippen LogP contribution in [0.1, 0.15) is 0 Å². The van der Waals surface area contributed by atoms with Crippen molar-refractivity contribution in [3.8, 4) is 44.9 Å². The second-order valence-corrected chi connectivity index (χ2v) is 14.6. The Morgan fingerprint density at radius 3 is 1.70 bits per heavy atom. The van der Waals surface area contributed by atoms with Gasteiger partial charge in [-0.2, -0.15) is 0 Å². The number of hydrogen-bond acceptors (Lipinski definition) is 4. The van der Waals surface area contributed by atoms with Crippen LogP contribution < -0.4 is 0 Å². The molecule has 246 valence electrons. The Hall–Kier alpha value is -6.75. The van der Waals surface area contributed by atoms with Crippen molar-refractivity contribution in [2.24, 2.45) is 0 Å². The summed E-state index contributed by atoms with van der Waals surface area (Å²) in [6.45, 7) is 0. The highest BCUT2D eigenvalue weighted by molar-refractivity contribution is 7.27. The third-order valence-electron chi connectivity index (χ3n) is 10.4. The van der Waals surface area contributed by atoms with Gasteiger partial charge in [0.05, 0.1) is 33.6 Å². The fourth-order valence-electron chi connectivity index (χ4n) is 7.88. The van der Waals surface area contributed by atoms with Crippen molar-refractivity contribution in [1.82, 2.24) is 15.0 Å². The molecule has 0 aliphatic rings. The van der Waals surface area contributed by atoms with Crippen LogP contribution in [0.5, 0.6) is 0 Å². The number of aromatic nitrogens is 3. The largest absolute Gasteiger partial charge is 0.247 e. The lowest BCUT2D eigenvalue weighted by atomic mass is 9.97. The van der Waals surface area contributed by atoms with Crippen LogP contribution in [0, 0.1) is 0 Å². The summed E-state index contributed by atoms with van der Waals surface area (Å²) in [5.74, 6) is 0. The van der Waals surface area contributed by atoms with E-state index >= 15 is 0 Å². The molecule has 0 atom stereocenters. The molecule has 0 saturated heterocycles. The topological polar surface area (TPSA) is 38.7 Å². The second kappa shape index (κ2) is 11.9. The molecule has 11 rings (SSSR count). The lowest BCUT2D eigenvalue weighted by Crippen LogP contribution is -1.91. The Morgan fingerprint density at radius 1 is 0.358 bits per heavy atom. The van der Waals surface area contributed by atoms with Crippen LogP contribution in [0.2, 0.25) is 0 Å². The Morgan fingerprint density at radius 2 is 0.925 bits per heavy atom. The zero-order valence-electron chi connectivity index (χ0n) is 28.5. The number of hydrogen-bond donors (Lipinski definition) is 0. The van der Waals surface area contributed by atoms with Crippen LogP contribution in [0.15, 0.2) is 176 Å². The van der Waals surface area contributed by atoms with Gasteiger partial charge in [-0.15, -0.1) is 11.3 Å².